The van der Waals surface area contributed by atoms with Gasteiger partial charge in [0.05, 0.1) is 11.7 Å². The van der Waals surface area contributed by atoms with E-state index in [1.807, 2.05) is 6.92 Å². The summed E-state index contributed by atoms with van der Waals surface area (Å²) in [4.78, 5) is 11.7. The van der Waals surface area contributed by atoms with Gasteiger partial charge in [0.25, 0.3) is 5.91 Å². The Labute approximate surface area is 107 Å². The zero-order chi connectivity index (χ0) is 13.5. The zero-order valence-corrected chi connectivity index (χ0v) is 10.9. The van der Waals surface area contributed by atoms with Gasteiger partial charge in [-0.2, -0.15) is 0 Å². The van der Waals surface area contributed by atoms with E-state index in [-0.39, 0.29) is 5.91 Å². The minimum atomic E-state index is -0.422. The third-order valence-electron chi connectivity index (χ3n) is 2.67. The number of carbonyl (C=O) groups is 1. The normalized spacial score (nSPS) is 11.9. The third-order valence-corrected chi connectivity index (χ3v) is 2.67. The van der Waals surface area contributed by atoms with Crippen molar-refractivity contribution in [3.8, 4) is 0 Å². The molecule has 1 atom stereocenters. The van der Waals surface area contributed by atoms with Crippen LogP contribution in [0, 0.1) is 0 Å². The largest absolute Gasteiger partial charge is 0.399 e. The second-order valence-corrected chi connectivity index (χ2v) is 4.21. The van der Waals surface area contributed by atoms with Gasteiger partial charge < -0.3 is 21.5 Å². The van der Waals surface area contributed by atoms with Crippen LogP contribution in [0.3, 0.4) is 0 Å². The van der Waals surface area contributed by atoms with Gasteiger partial charge in [0.1, 0.15) is 0 Å². The molecular weight excluding hydrogens is 230 g/mol. The molecule has 18 heavy (non-hydrogen) atoms. The van der Waals surface area contributed by atoms with E-state index in [0.29, 0.717) is 23.5 Å². The van der Waals surface area contributed by atoms with E-state index >= 15 is 0 Å². The summed E-state index contributed by atoms with van der Waals surface area (Å²) in [5.41, 5.74) is 7.45. The summed E-state index contributed by atoms with van der Waals surface area (Å²) in [6.45, 7) is 2.42. The van der Waals surface area contributed by atoms with Crippen molar-refractivity contribution in [3.05, 3.63) is 23.8 Å². The van der Waals surface area contributed by atoms with Crippen LogP contribution in [0.5, 0.6) is 0 Å². The average molecular weight is 251 g/mol. The van der Waals surface area contributed by atoms with E-state index in [1.54, 1.807) is 25.2 Å². The van der Waals surface area contributed by atoms with Crippen molar-refractivity contribution in [2.45, 2.75) is 25.9 Å². The number of aliphatic hydroxyl groups excluding tert-OH is 1. The van der Waals surface area contributed by atoms with Gasteiger partial charge in [0.2, 0.25) is 0 Å². The number of nitrogen functional groups attached to an aromatic ring is 1. The van der Waals surface area contributed by atoms with Crippen molar-refractivity contribution in [2.75, 3.05) is 24.6 Å². The Balaban J connectivity index is 2.79. The van der Waals surface area contributed by atoms with E-state index in [4.69, 9.17) is 5.73 Å². The topological polar surface area (TPSA) is 87.4 Å². The van der Waals surface area contributed by atoms with E-state index < -0.39 is 6.10 Å². The molecule has 0 fully saturated rings. The Kier molecular flexibility index (Phi) is 5.45. The molecule has 0 radical (unpaired) electrons. The number of nitrogens with two attached hydrogens (primary N) is 1. The van der Waals surface area contributed by atoms with Gasteiger partial charge in [-0.1, -0.05) is 13.3 Å². The number of hydrogen-bond acceptors (Lipinski definition) is 4. The maximum atomic E-state index is 11.7. The summed E-state index contributed by atoms with van der Waals surface area (Å²) in [6, 6.07) is 5.05. The molecule has 0 aromatic heterocycles. The fraction of sp³-hybridized carbons (Fsp3) is 0.462. The Hall–Kier alpha value is -1.75. The number of hydrogen-bond donors (Lipinski definition) is 4. The molecule has 0 spiro atoms. The predicted molar refractivity (Wildman–Crippen MR) is 73.6 cm³/mol. The molecule has 0 saturated heterocycles. The van der Waals surface area contributed by atoms with Crippen molar-refractivity contribution in [1.82, 2.24) is 5.32 Å². The summed E-state index contributed by atoms with van der Waals surface area (Å²) in [5.74, 6) is -0.178. The molecule has 0 aliphatic rings. The van der Waals surface area contributed by atoms with Gasteiger partial charge in [0, 0.05) is 25.0 Å². The summed E-state index contributed by atoms with van der Waals surface area (Å²) >= 11 is 0. The average Bonchev–Trinajstić information content (AvgIpc) is 2.36. The number of aliphatic hydroxyl groups is 1. The highest BCUT2D eigenvalue weighted by molar-refractivity contribution is 6.00. The molecule has 0 aliphatic carbocycles. The highest BCUT2D eigenvalue weighted by Crippen LogP contribution is 2.19. The number of nitrogens with one attached hydrogen (secondary N) is 2. The van der Waals surface area contributed by atoms with E-state index in [0.717, 1.165) is 12.8 Å². The molecule has 1 unspecified atom stereocenters. The molecule has 1 rings (SSSR count). The molecule has 5 N–H and O–H groups in total. The van der Waals surface area contributed by atoms with Crippen LogP contribution in [0.15, 0.2) is 18.2 Å². The molecular formula is C13H21N3O2. The van der Waals surface area contributed by atoms with Gasteiger partial charge in [-0.05, 0) is 24.6 Å². The van der Waals surface area contributed by atoms with Crippen molar-refractivity contribution in [1.29, 1.82) is 0 Å². The molecule has 0 heterocycles. The molecule has 100 valence electrons. The molecule has 1 aromatic rings. The van der Waals surface area contributed by atoms with Crippen LogP contribution in [0.25, 0.3) is 0 Å². The second-order valence-electron chi connectivity index (χ2n) is 4.21. The maximum absolute atomic E-state index is 11.7. The molecule has 5 heteroatoms. The van der Waals surface area contributed by atoms with Crippen LogP contribution in [-0.4, -0.2) is 30.7 Å². The lowest BCUT2D eigenvalue weighted by Crippen LogP contribution is -2.23. The van der Waals surface area contributed by atoms with Gasteiger partial charge in [0.15, 0.2) is 0 Å². The summed E-state index contributed by atoms with van der Waals surface area (Å²) in [6.07, 6.45) is 1.22. The number of carbonyl (C=O) groups excluding carboxylic acids is 1. The highest BCUT2D eigenvalue weighted by atomic mass is 16.3. The minimum Gasteiger partial charge on any atom is -0.399 e. The van der Waals surface area contributed by atoms with Gasteiger partial charge in [-0.3, -0.25) is 4.79 Å². The molecule has 0 bridgehead atoms. The van der Waals surface area contributed by atoms with Crippen molar-refractivity contribution in [2.24, 2.45) is 0 Å². The van der Waals surface area contributed by atoms with Crippen molar-refractivity contribution in [3.63, 3.8) is 0 Å². The smallest absolute Gasteiger partial charge is 0.253 e. The Morgan fingerprint density at radius 2 is 2.22 bits per heavy atom. The number of benzene rings is 1. The van der Waals surface area contributed by atoms with Crippen molar-refractivity contribution >= 4 is 17.3 Å². The Bertz CT molecular complexity index is 407. The summed E-state index contributed by atoms with van der Waals surface area (Å²) in [7, 11) is 1.58. The first-order valence-electron chi connectivity index (χ1n) is 6.12. The van der Waals surface area contributed by atoms with E-state index in [2.05, 4.69) is 10.6 Å². The number of anilines is 2. The first-order valence-corrected chi connectivity index (χ1v) is 6.12. The number of rotatable bonds is 6. The summed E-state index contributed by atoms with van der Waals surface area (Å²) in [5, 5.41) is 15.3. The zero-order valence-electron chi connectivity index (χ0n) is 10.9. The van der Waals surface area contributed by atoms with Gasteiger partial charge >= 0.3 is 0 Å². The SMILES string of the molecule is CCCC(O)CNc1cc(N)ccc1C(=O)NC. The Morgan fingerprint density at radius 3 is 2.83 bits per heavy atom. The van der Waals surface area contributed by atoms with Crippen LogP contribution in [-0.2, 0) is 0 Å². The molecule has 1 aromatic carbocycles. The monoisotopic (exact) mass is 251 g/mol. The lowest BCUT2D eigenvalue weighted by Gasteiger charge is -2.15. The fourth-order valence-corrected chi connectivity index (χ4v) is 1.70. The highest BCUT2D eigenvalue weighted by Gasteiger charge is 2.11. The molecule has 0 saturated carbocycles. The Morgan fingerprint density at radius 1 is 1.50 bits per heavy atom. The van der Waals surface area contributed by atoms with Gasteiger partial charge in [-0.15, -0.1) is 0 Å². The predicted octanol–water partition coefficient (Wildman–Crippen LogP) is 1.20. The maximum Gasteiger partial charge on any atom is 0.253 e. The first kappa shape index (κ1) is 14.3. The van der Waals surface area contributed by atoms with Gasteiger partial charge in [-0.25, -0.2) is 0 Å². The van der Waals surface area contributed by atoms with Crippen LogP contribution < -0.4 is 16.4 Å². The lowest BCUT2D eigenvalue weighted by atomic mass is 10.1. The fourth-order valence-electron chi connectivity index (χ4n) is 1.70. The quantitative estimate of drug-likeness (QED) is 0.572. The second kappa shape index (κ2) is 6.86. The lowest BCUT2D eigenvalue weighted by molar-refractivity contribution is 0.0963. The van der Waals surface area contributed by atoms with E-state index in [1.165, 1.54) is 0 Å². The summed E-state index contributed by atoms with van der Waals surface area (Å²) < 4.78 is 0. The molecule has 5 nitrogen and oxygen atoms in total. The first-order chi connectivity index (χ1) is 8.58. The standard InChI is InChI=1S/C13H21N3O2/c1-3-4-10(17)8-16-12-7-9(14)5-6-11(12)13(18)15-2/h5-7,10,16-17H,3-4,8,14H2,1-2H3,(H,15,18). The van der Waals surface area contributed by atoms with Crippen LogP contribution in [0.1, 0.15) is 30.1 Å². The number of amides is 1. The van der Waals surface area contributed by atoms with E-state index in [9.17, 15) is 9.90 Å². The van der Waals surface area contributed by atoms with Crippen molar-refractivity contribution < 1.29 is 9.90 Å². The molecule has 1 amide bonds. The third kappa shape index (κ3) is 3.92. The van der Waals surface area contributed by atoms with Crippen LogP contribution >= 0.6 is 0 Å². The molecule has 0 aliphatic heterocycles. The van der Waals surface area contributed by atoms with Crippen LogP contribution in [0.2, 0.25) is 0 Å². The van der Waals surface area contributed by atoms with Crippen LogP contribution in [0.4, 0.5) is 11.4 Å². The minimum absolute atomic E-state index is 0.178.